The first-order valence-electron chi connectivity index (χ1n) is 8.39. The SMILES string of the molecule is Cc1cccc(OCCN(C)C(=O)NC2CCC(C(=O)O)CC2)c1. The third kappa shape index (κ3) is 5.44. The Balaban J connectivity index is 1.68. The van der Waals surface area contributed by atoms with Crippen molar-refractivity contribution < 1.29 is 19.4 Å². The van der Waals surface area contributed by atoms with Crippen LogP contribution in [0.15, 0.2) is 24.3 Å². The van der Waals surface area contributed by atoms with Crippen LogP contribution < -0.4 is 10.1 Å². The van der Waals surface area contributed by atoms with Crippen molar-refractivity contribution in [2.75, 3.05) is 20.2 Å². The van der Waals surface area contributed by atoms with Crippen LogP contribution in [0.5, 0.6) is 5.75 Å². The molecule has 0 aromatic heterocycles. The molecule has 0 atom stereocenters. The summed E-state index contributed by atoms with van der Waals surface area (Å²) in [5, 5.41) is 12.0. The Morgan fingerprint density at radius 1 is 1.29 bits per heavy atom. The molecule has 1 aromatic rings. The van der Waals surface area contributed by atoms with E-state index in [0.717, 1.165) is 24.2 Å². The molecule has 6 heteroatoms. The second-order valence-corrected chi connectivity index (χ2v) is 6.42. The number of carboxylic acid groups (broad SMARTS) is 1. The number of carbonyl (C=O) groups excluding carboxylic acids is 1. The number of nitrogens with zero attached hydrogens (tertiary/aromatic N) is 1. The molecule has 0 bridgehead atoms. The molecule has 0 unspecified atom stereocenters. The monoisotopic (exact) mass is 334 g/mol. The average Bonchev–Trinajstić information content (AvgIpc) is 2.55. The van der Waals surface area contributed by atoms with Crippen LogP contribution in [0.25, 0.3) is 0 Å². The zero-order chi connectivity index (χ0) is 17.5. The maximum atomic E-state index is 12.2. The summed E-state index contributed by atoms with van der Waals surface area (Å²) >= 11 is 0. The van der Waals surface area contributed by atoms with E-state index >= 15 is 0 Å². The quantitative estimate of drug-likeness (QED) is 0.838. The van der Waals surface area contributed by atoms with Crippen molar-refractivity contribution in [1.29, 1.82) is 0 Å². The molecule has 2 rings (SSSR count). The van der Waals surface area contributed by atoms with E-state index < -0.39 is 5.97 Å². The van der Waals surface area contributed by atoms with E-state index in [-0.39, 0.29) is 18.0 Å². The lowest BCUT2D eigenvalue weighted by molar-refractivity contribution is -0.142. The molecule has 1 saturated carbocycles. The minimum absolute atomic E-state index is 0.0632. The number of carboxylic acids is 1. The molecule has 1 aromatic carbocycles. The van der Waals surface area contributed by atoms with E-state index in [2.05, 4.69) is 5.32 Å². The van der Waals surface area contributed by atoms with Crippen LogP contribution in [0, 0.1) is 12.8 Å². The average molecular weight is 334 g/mol. The third-order valence-corrected chi connectivity index (χ3v) is 4.44. The number of aliphatic carboxylic acids is 1. The molecule has 24 heavy (non-hydrogen) atoms. The zero-order valence-electron chi connectivity index (χ0n) is 14.3. The molecule has 1 fully saturated rings. The molecule has 0 spiro atoms. The smallest absolute Gasteiger partial charge is 0.317 e. The molecule has 0 saturated heterocycles. The lowest BCUT2D eigenvalue weighted by Gasteiger charge is -2.28. The van der Waals surface area contributed by atoms with Crippen LogP contribution in [-0.2, 0) is 4.79 Å². The Morgan fingerprint density at radius 2 is 2.00 bits per heavy atom. The summed E-state index contributed by atoms with van der Waals surface area (Å²) in [5.74, 6) is -0.195. The predicted molar refractivity (Wildman–Crippen MR) is 91.2 cm³/mol. The van der Waals surface area contributed by atoms with Gasteiger partial charge in [0.2, 0.25) is 0 Å². The van der Waals surface area contributed by atoms with Gasteiger partial charge in [-0.05, 0) is 50.3 Å². The van der Waals surface area contributed by atoms with Crippen LogP contribution >= 0.6 is 0 Å². The zero-order valence-corrected chi connectivity index (χ0v) is 14.3. The Hall–Kier alpha value is -2.24. The fraction of sp³-hybridized carbons (Fsp3) is 0.556. The fourth-order valence-corrected chi connectivity index (χ4v) is 2.88. The Bertz CT molecular complexity index is 568. The van der Waals surface area contributed by atoms with Crippen LogP contribution in [0.2, 0.25) is 0 Å². The summed E-state index contributed by atoms with van der Waals surface area (Å²) in [7, 11) is 1.73. The molecular formula is C18H26N2O4. The Kier molecular flexibility index (Phi) is 6.46. The van der Waals surface area contributed by atoms with Crippen molar-refractivity contribution in [2.45, 2.75) is 38.6 Å². The third-order valence-electron chi connectivity index (χ3n) is 4.44. The number of hydrogen-bond acceptors (Lipinski definition) is 3. The summed E-state index contributed by atoms with van der Waals surface area (Å²) < 4.78 is 5.65. The van der Waals surface area contributed by atoms with Crippen LogP contribution in [0.1, 0.15) is 31.2 Å². The van der Waals surface area contributed by atoms with Crippen molar-refractivity contribution in [1.82, 2.24) is 10.2 Å². The first-order valence-corrected chi connectivity index (χ1v) is 8.39. The summed E-state index contributed by atoms with van der Waals surface area (Å²) in [6, 6.07) is 7.73. The largest absolute Gasteiger partial charge is 0.492 e. The predicted octanol–water partition coefficient (Wildman–Crippen LogP) is 2.66. The number of likely N-dealkylation sites (N-methyl/N-ethyl adjacent to an activating group) is 1. The molecule has 1 aliphatic carbocycles. The number of urea groups is 1. The van der Waals surface area contributed by atoms with Crippen molar-refractivity contribution >= 4 is 12.0 Å². The van der Waals surface area contributed by atoms with Crippen LogP contribution in [-0.4, -0.2) is 48.2 Å². The minimum Gasteiger partial charge on any atom is -0.492 e. The molecule has 6 nitrogen and oxygen atoms in total. The number of ether oxygens (including phenoxy) is 1. The summed E-state index contributed by atoms with van der Waals surface area (Å²) in [5.41, 5.74) is 1.13. The highest BCUT2D eigenvalue weighted by molar-refractivity contribution is 5.74. The van der Waals surface area contributed by atoms with Crippen molar-refractivity contribution in [3.05, 3.63) is 29.8 Å². The molecule has 132 valence electrons. The maximum Gasteiger partial charge on any atom is 0.317 e. The summed E-state index contributed by atoms with van der Waals surface area (Å²) in [4.78, 5) is 24.7. The van der Waals surface area contributed by atoms with Gasteiger partial charge in [-0.2, -0.15) is 0 Å². The first-order chi connectivity index (χ1) is 11.5. The van der Waals surface area contributed by atoms with Crippen LogP contribution in [0.3, 0.4) is 0 Å². The highest BCUT2D eigenvalue weighted by atomic mass is 16.5. The number of benzene rings is 1. The van der Waals surface area contributed by atoms with E-state index in [4.69, 9.17) is 9.84 Å². The number of rotatable bonds is 6. The van der Waals surface area contributed by atoms with Gasteiger partial charge in [-0.15, -0.1) is 0 Å². The van der Waals surface area contributed by atoms with E-state index in [1.54, 1.807) is 11.9 Å². The Labute approximate surface area is 142 Å². The molecule has 0 heterocycles. The molecular weight excluding hydrogens is 308 g/mol. The van der Waals surface area contributed by atoms with E-state index in [9.17, 15) is 9.59 Å². The topological polar surface area (TPSA) is 78.9 Å². The van der Waals surface area contributed by atoms with Crippen molar-refractivity contribution in [2.24, 2.45) is 5.92 Å². The van der Waals surface area contributed by atoms with Gasteiger partial charge < -0.3 is 20.1 Å². The summed E-state index contributed by atoms with van der Waals surface area (Å²) in [6.07, 6.45) is 2.69. The van der Waals surface area contributed by atoms with Crippen molar-refractivity contribution in [3.8, 4) is 5.75 Å². The van der Waals surface area contributed by atoms with Gasteiger partial charge in [0.15, 0.2) is 0 Å². The van der Waals surface area contributed by atoms with Gasteiger partial charge >= 0.3 is 12.0 Å². The normalized spacial score (nSPS) is 20.2. The van der Waals surface area contributed by atoms with Gasteiger partial charge in [-0.1, -0.05) is 12.1 Å². The molecule has 2 amide bonds. The molecule has 0 radical (unpaired) electrons. The highest BCUT2D eigenvalue weighted by Crippen LogP contribution is 2.24. The number of amides is 2. The molecule has 1 aliphatic rings. The van der Waals surface area contributed by atoms with Gasteiger partial charge in [-0.25, -0.2) is 4.79 Å². The number of aryl methyl sites for hydroxylation is 1. The van der Waals surface area contributed by atoms with Gasteiger partial charge in [0.1, 0.15) is 12.4 Å². The first kappa shape index (κ1) is 18.1. The second kappa shape index (κ2) is 8.57. The van der Waals surface area contributed by atoms with E-state index in [1.807, 2.05) is 31.2 Å². The summed E-state index contributed by atoms with van der Waals surface area (Å²) in [6.45, 7) is 2.93. The number of carbonyl (C=O) groups is 2. The van der Waals surface area contributed by atoms with Gasteiger partial charge in [0.05, 0.1) is 12.5 Å². The molecule has 0 aliphatic heterocycles. The standard InChI is InChI=1S/C18H26N2O4/c1-13-4-3-5-16(12-13)24-11-10-20(2)18(23)19-15-8-6-14(7-9-15)17(21)22/h3-5,12,14-15H,6-11H2,1-2H3,(H,19,23)(H,21,22). The fourth-order valence-electron chi connectivity index (χ4n) is 2.88. The number of hydrogen-bond donors (Lipinski definition) is 2. The minimum atomic E-state index is -0.731. The lowest BCUT2D eigenvalue weighted by Crippen LogP contribution is -2.45. The van der Waals surface area contributed by atoms with Gasteiger partial charge in [-0.3, -0.25) is 4.79 Å². The van der Waals surface area contributed by atoms with Gasteiger partial charge in [0, 0.05) is 13.1 Å². The number of nitrogens with one attached hydrogen (secondary N) is 1. The molecule has 2 N–H and O–H groups in total. The highest BCUT2D eigenvalue weighted by Gasteiger charge is 2.27. The second-order valence-electron chi connectivity index (χ2n) is 6.42. The van der Waals surface area contributed by atoms with Crippen LogP contribution in [0.4, 0.5) is 4.79 Å². The van der Waals surface area contributed by atoms with E-state index in [0.29, 0.717) is 26.0 Å². The van der Waals surface area contributed by atoms with Crippen molar-refractivity contribution in [3.63, 3.8) is 0 Å². The van der Waals surface area contributed by atoms with E-state index in [1.165, 1.54) is 0 Å². The Morgan fingerprint density at radius 3 is 2.62 bits per heavy atom. The van der Waals surface area contributed by atoms with Gasteiger partial charge in [0.25, 0.3) is 0 Å². The maximum absolute atomic E-state index is 12.2. The lowest BCUT2D eigenvalue weighted by atomic mass is 9.86.